The first-order valence-corrected chi connectivity index (χ1v) is 9.42. The Morgan fingerprint density at radius 2 is 1.48 bits per heavy atom. The minimum Gasteiger partial charge on any atom is -0.492 e. The van der Waals surface area contributed by atoms with Crippen molar-refractivity contribution in [3.05, 3.63) is 11.6 Å². The summed E-state index contributed by atoms with van der Waals surface area (Å²) in [5, 5.41) is 0. The van der Waals surface area contributed by atoms with Crippen molar-refractivity contribution in [1.82, 2.24) is 4.90 Å². The van der Waals surface area contributed by atoms with Crippen molar-refractivity contribution in [2.45, 2.75) is 34.1 Å². The van der Waals surface area contributed by atoms with Gasteiger partial charge in [0.05, 0.1) is 20.8 Å². The van der Waals surface area contributed by atoms with Crippen molar-refractivity contribution < 1.29 is 14.2 Å². The number of ether oxygens (including phenoxy) is 3. The molecule has 0 N–H and O–H groups in total. The van der Waals surface area contributed by atoms with Crippen LogP contribution in [0.5, 0.6) is 17.2 Å². The summed E-state index contributed by atoms with van der Waals surface area (Å²) in [6.45, 7) is 13.1. The van der Waals surface area contributed by atoms with Gasteiger partial charge in [0, 0.05) is 31.2 Å². The highest BCUT2D eigenvalue weighted by molar-refractivity contribution is 7.28. The lowest BCUT2D eigenvalue weighted by Gasteiger charge is -2.26. The molecule has 0 atom stereocenters. The standard InChI is InChI=1S/C18H32NO3P/c1-14(2)10-19(11-15(3)4)8-7-9-22-18-16(20-5)12-23-13-17(18)21-6/h12-15H,7-11H2,1-6H3. The second-order valence-electron chi connectivity index (χ2n) is 6.62. The van der Waals surface area contributed by atoms with E-state index in [4.69, 9.17) is 14.2 Å². The van der Waals surface area contributed by atoms with E-state index in [-0.39, 0.29) is 0 Å². The number of rotatable bonds is 11. The second kappa shape index (κ2) is 10.7. The molecule has 1 heterocycles. The molecule has 1 rings (SSSR count). The summed E-state index contributed by atoms with van der Waals surface area (Å²) < 4.78 is 16.7. The van der Waals surface area contributed by atoms with Crippen LogP contribution >= 0.6 is 8.19 Å². The molecule has 0 fully saturated rings. The number of methoxy groups -OCH3 is 2. The lowest BCUT2D eigenvalue weighted by Crippen LogP contribution is -2.33. The Hall–Kier alpha value is -0.990. The van der Waals surface area contributed by atoms with Gasteiger partial charge < -0.3 is 19.1 Å². The van der Waals surface area contributed by atoms with Crippen molar-refractivity contribution in [2.24, 2.45) is 11.8 Å². The lowest BCUT2D eigenvalue weighted by molar-refractivity contribution is 0.194. The first kappa shape index (κ1) is 20.1. The molecule has 0 aliphatic rings. The molecule has 23 heavy (non-hydrogen) atoms. The van der Waals surface area contributed by atoms with E-state index >= 15 is 0 Å². The predicted molar refractivity (Wildman–Crippen MR) is 98.3 cm³/mol. The Morgan fingerprint density at radius 1 is 0.957 bits per heavy atom. The third kappa shape index (κ3) is 7.41. The molecule has 0 aromatic carbocycles. The summed E-state index contributed by atoms with van der Waals surface area (Å²) >= 11 is 0. The van der Waals surface area contributed by atoms with Crippen molar-refractivity contribution in [1.29, 1.82) is 0 Å². The van der Waals surface area contributed by atoms with Gasteiger partial charge in [-0.05, 0) is 18.3 Å². The normalized spacial score (nSPS) is 11.3. The van der Waals surface area contributed by atoms with Crippen LogP contribution in [0.1, 0.15) is 34.1 Å². The van der Waals surface area contributed by atoms with Gasteiger partial charge in [-0.2, -0.15) is 0 Å². The Bertz CT molecular complexity index is 420. The van der Waals surface area contributed by atoms with E-state index in [1.807, 2.05) is 11.6 Å². The molecule has 0 saturated carbocycles. The topological polar surface area (TPSA) is 30.9 Å². The fourth-order valence-corrected chi connectivity index (χ4v) is 3.39. The zero-order valence-corrected chi connectivity index (χ0v) is 16.4. The molecule has 0 saturated heterocycles. The van der Waals surface area contributed by atoms with Crippen LogP contribution in [0.15, 0.2) is 11.6 Å². The maximum Gasteiger partial charge on any atom is 0.204 e. The van der Waals surface area contributed by atoms with E-state index < -0.39 is 0 Å². The quantitative estimate of drug-likeness (QED) is 0.548. The largest absolute Gasteiger partial charge is 0.492 e. The highest BCUT2D eigenvalue weighted by atomic mass is 31.0. The minimum absolute atomic E-state index is 0.667. The molecule has 4 nitrogen and oxygen atoms in total. The fraction of sp³-hybridized carbons (Fsp3) is 0.722. The third-order valence-corrected chi connectivity index (χ3v) is 4.15. The monoisotopic (exact) mass is 341 g/mol. The summed E-state index contributed by atoms with van der Waals surface area (Å²) in [5.74, 6) is 7.58. The number of hydrogen-bond acceptors (Lipinski definition) is 4. The average Bonchev–Trinajstić information content (AvgIpc) is 2.49. The molecular weight excluding hydrogens is 309 g/mol. The molecule has 5 heteroatoms. The molecule has 0 aliphatic carbocycles. The first-order valence-electron chi connectivity index (χ1n) is 8.39. The van der Waals surface area contributed by atoms with Gasteiger partial charge in [0.1, 0.15) is 0 Å². The van der Waals surface area contributed by atoms with Crippen LogP contribution in [-0.4, -0.2) is 45.4 Å². The van der Waals surface area contributed by atoms with E-state index in [2.05, 4.69) is 32.6 Å². The maximum atomic E-state index is 5.95. The van der Waals surface area contributed by atoms with Crippen molar-refractivity contribution in [2.75, 3.05) is 40.5 Å². The second-order valence-corrected chi connectivity index (χ2v) is 7.44. The fourth-order valence-electron chi connectivity index (χ4n) is 2.60. The van der Waals surface area contributed by atoms with E-state index in [0.29, 0.717) is 24.2 Å². The third-order valence-electron chi connectivity index (χ3n) is 3.38. The molecular formula is C18H32NO3P. The number of hydrogen-bond donors (Lipinski definition) is 0. The van der Waals surface area contributed by atoms with Gasteiger partial charge in [-0.25, -0.2) is 0 Å². The lowest BCUT2D eigenvalue weighted by atomic mass is 10.1. The molecule has 0 unspecified atom stereocenters. The van der Waals surface area contributed by atoms with Crippen LogP contribution in [-0.2, 0) is 0 Å². The molecule has 0 aliphatic heterocycles. The van der Waals surface area contributed by atoms with Crippen LogP contribution in [0.3, 0.4) is 0 Å². The van der Waals surface area contributed by atoms with Gasteiger partial charge in [0.2, 0.25) is 5.75 Å². The van der Waals surface area contributed by atoms with Gasteiger partial charge >= 0.3 is 0 Å². The van der Waals surface area contributed by atoms with Crippen molar-refractivity contribution in [3.8, 4) is 17.2 Å². The van der Waals surface area contributed by atoms with Crippen LogP contribution in [0.2, 0.25) is 0 Å². The molecule has 1 aromatic rings. The van der Waals surface area contributed by atoms with Gasteiger partial charge in [0.15, 0.2) is 11.5 Å². The molecule has 0 spiro atoms. The average molecular weight is 341 g/mol. The summed E-state index contributed by atoms with van der Waals surface area (Å²) in [5.41, 5.74) is 0. The molecule has 132 valence electrons. The number of nitrogens with zero attached hydrogens (tertiary/aromatic N) is 1. The van der Waals surface area contributed by atoms with E-state index in [0.717, 1.165) is 45.7 Å². The molecule has 0 bridgehead atoms. The molecule has 0 radical (unpaired) electrons. The van der Waals surface area contributed by atoms with Crippen molar-refractivity contribution >= 4 is 8.19 Å². The highest BCUT2D eigenvalue weighted by Crippen LogP contribution is 2.40. The van der Waals surface area contributed by atoms with Crippen molar-refractivity contribution in [3.63, 3.8) is 0 Å². The smallest absolute Gasteiger partial charge is 0.204 e. The van der Waals surface area contributed by atoms with Gasteiger partial charge in [-0.15, -0.1) is 0 Å². The summed E-state index contributed by atoms with van der Waals surface area (Å²) in [7, 11) is 4.38. The minimum atomic E-state index is 0.667. The van der Waals surface area contributed by atoms with E-state index in [1.165, 1.54) is 0 Å². The Labute approximate surface area is 143 Å². The van der Waals surface area contributed by atoms with E-state index in [1.54, 1.807) is 14.2 Å². The first-order chi connectivity index (χ1) is 11.0. The van der Waals surface area contributed by atoms with Crippen LogP contribution < -0.4 is 14.2 Å². The Morgan fingerprint density at radius 3 is 1.91 bits per heavy atom. The molecule has 1 aromatic heterocycles. The molecule has 0 amide bonds. The van der Waals surface area contributed by atoms with Gasteiger partial charge in [0.25, 0.3) is 0 Å². The maximum absolute atomic E-state index is 5.95. The zero-order valence-electron chi connectivity index (χ0n) is 15.5. The van der Waals surface area contributed by atoms with Gasteiger partial charge in [-0.1, -0.05) is 35.9 Å². The van der Waals surface area contributed by atoms with Crippen LogP contribution in [0, 0.1) is 11.8 Å². The van der Waals surface area contributed by atoms with Gasteiger partial charge in [-0.3, -0.25) is 0 Å². The summed E-state index contributed by atoms with van der Waals surface area (Å²) in [4.78, 5) is 2.53. The van der Waals surface area contributed by atoms with Crippen LogP contribution in [0.4, 0.5) is 0 Å². The Balaban J connectivity index is 2.52. The summed E-state index contributed by atoms with van der Waals surface area (Å²) in [6.07, 6.45) is 0.995. The van der Waals surface area contributed by atoms with Crippen LogP contribution in [0.25, 0.3) is 0 Å². The summed E-state index contributed by atoms with van der Waals surface area (Å²) in [6, 6.07) is 0. The Kier molecular flexibility index (Phi) is 9.35. The highest BCUT2D eigenvalue weighted by Gasteiger charge is 2.13. The SMILES string of the molecule is COc1cpcc(OC)c1OCCCN(CC(C)C)CC(C)C. The zero-order chi connectivity index (χ0) is 17.2. The predicted octanol–water partition coefficient (Wildman–Crippen LogP) is 4.67. The van der Waals surface area contributed by atoms with E-state index in [9.17, 15) is 0 Å².